The fourth-order valence-corrected chi connectivity index (χ4v) is 10.2. The minimum Gasteiger partial charge on any atom is -0.756 e. The molecule has 0 bridgehead atoms. The second kappa shape index (κ2) is 54.5. The van der Waals surface area contributed by atoms with E-state index < -0.39 is 20.0 Å². The Morgan fingerprint density at radius 2 is 0.806 bits per heavy atom. The number of nitrogens with zero attached hydrogens (tertiary/aromatic N) is 1. The van der Waals surface area contributed by atoms with Crippen molar-refractivity contribution >= 4 is 13.7 Å². The number of phosphoric ester groups is 1. The van der Waals surface area contributed by atoms with Crippen LogP contribution in [0.2, 0.25) is 0 Å². The molecule has 0 fully saturated rings. The van der Waals surface area contributed by atoms with E-state index in [4.69, 9.17) is 9.05 Å². The lowest BCUT2D eigenvalue weighted by Gasteiger charge is -2.30. The highest BCUT2D eigenvalue weighted by Crippen LogP contribution is 2.38. The number of hydrogen-bond donors (Lipinski definition) is 2. The van der Waals surface area contributed by atoms with E-state index in [-0.39, 0.29) is 19.1 Å². The Hall–Kier alpha value is -1.28. The first-order valence-corrected chi connectivity index (χ1v) is 32.8. The number of quaternary nitrogens is 1. The molecular weight excluding hydrogens is 912 g/mol. The van der Waals surface area contributed by atoms with E-state index in [2.05, 4.69) is 55.6 Å². The highest BCUT2D eigenvalue weighted by Gasteiger charge is 2.24. The van der Waals surface area contributed by atoms with Gasteiger partial charge in [0.1, 0.15) is 13.2 Å². The highest BCUT2D eigenvalue weighted by molar-refractivity contribution is 7.45. The van der Waals surface area contributed by atoms with Gasteiger partial charge in [-0.1, -0.05) is 288 Å². The van der Waals surface area contributed by atoms with Gasteiger partial charge in [-0.2, -0.15) is 0 Å². The maximum Gasteiger partial charge on any atom is 0.268 e. The van der Waals surface area contributed by atoms with E-state index in [1.54, 1.807) is 0 Å². The third-order valence-corrected chi connectivity index (χ3v) is 15.3. The molecule has 72 heavy (non-hydrogen) atoms. The summed E-state index contributed by atoms with van der Waals surface area (Å²) in [6.07, 6.45) is 70.5. The van der Waals surface area contributed by atoms with E-state index in [9.17, 15) is 19.4 Å². The van der Waals surface area contributed by atoms with Gasteiger partial charge in [-0.05, 0) is 51.4 Å². The van der Waals surface area contributed by atoms with Crippen molar-refractivity contribution < 1.29 is 32.9 Å². The molecule has 0 aromatic carbocycles. The molecule has 0 aliphatic carbocycles. The van der Waals surface area contributed by atoms with Crippen molar-refractivity contribution in [3.63, 3.8) is 0 Å². The second-order valence-corrected chi connectivity index (χ2v) is 24.2. The third-order valence-electron chi connectivity index (χ3n) is 14.4. The number of unbranched alkanes of at least 4 members (excludes halogenated alkanes) is 39. The van der Waals surface area contributed by atoms with Gasteiger partial charge in [-0.15, -0.1) is 0 Å². The van der Waals surface area contributed by atoms with E-state index in [0.29, 0.717) is 23.9 Å². The van der Waals surface area contributed by atoms with Crippen LogP contribution in [0.5, 0.6) is 0 Å². The standard InChI is InChI=1S/C63H123N2O6P/c1-6-8-10-12-14-16-18-20-22-24-26-27-28-29-30-31-32-33-34-35-36-37-39-40-42-44-46-48-50-52-54-56-62(66)61(60-71-72(68,69)70-59-58-65(3,4)5)64-63(67)57-55-53-51-49-47-45-43-41-38-25-23-21-19-17-15-13-11-9-7-2/h15,17,21,23,38,41,61-62,66H,6-14,16,18-20,22,24-37,39-40,42-60H2,1-5H3,(H-,64,67,68,69)/b17-15-,23-21-,41-38-. The van der Waals surface area contributed by atoms with Gasteiger partial charge in [-0.3, -0.25) is 9.36 Å². The lowest BCUT2D eigenvalue weighted by molar-refractivity contribution is -0.870. The Labute approximate surface area is 448 Å². The molecule has 2 N–H and O–H groups in total. The van der Waals surface area contributed by atoms with E-state index in [0.717, 1.165) is 64.2 Å². The maximum absolute atomic E-state index is 13.0. The number of phosphoric acid groups is 1. The molecule has 3 atom stereocenters. The van der Waals surface area contributed by atoms with Crippen LogP contribution in [0.1, 0.15) is 309 Å². The van der Waals surface area contributed by atoms with E-state index in [1.807, 2.05) is 21.1 Å². The summed E-state index contributed by atoms with van der Waals surface area (Å²) in [5.41, 5.74) is 0. The summed E-state index contributed by atoms with van der Waals surface area (Å²) in [5.74, 6) is -0.174. The summed E-state index contributed by atoms with van der Waals surface area (Å²) in [7, 11) is 1.30. The van der Waals surface area contributed by atoms with Crippen LogP contribution >= 0.6 is 7.82 Å². The van der Waals surface area contributed by atoms with Crippen molar-refractivity contribution in [3.8, 4) is 0 Å². The second-order valence-electron chi connectivity index (χ2n) is 22.8. The van der Waals surface area contributed by atoms with Crippen LogP contribution in [-0.2, 0) is 18.4 Å². The number of amides is 1. The zero-order chi connectivity index (χ0) is 52.7. The van der Waals surface area contributed by atoms with Crippen LogP contribution in [-0.4, -0.2) is 68.5 Å². The first kappa shape index (κ1) is 70.7. The number of aliphatic hydroxyl groups excluding tert-OH is 1. The van der Waals surface area contributed by atoms with Crippen LogP contribution in [0, 0.1) is 0 Å². The van der Waals surface area contributed by atoms with Gasteiger partial charge in [0.15, 0.2) is 0 Å². The molecule has 9 heteroatoms. The molecule has 0 aromatic heterocycles. The molecule has 0 rings (SSSR count). The van der Waals surface area contributed by atoms with Crippen LogP contribution in [0.15, 0.2) is 36.5 Å². The molecule has 0 radical (unpaired) electrons. The summed E-state index contributed by atoms with van der Waals surface area (Å²) in [6, 6.07) is -0.809. The number of hydrogen-bond acceptors (Lipinski definition) is 6. The van der Waals surface area contributed by atoms with Crippen LogP contribution in [0.3, 0.4) is 0 Å². The molecule has 1 amide bonds. The number of allylic oxidation sites excluding steroid dienone is 6. The molecule has 0 aliphatic heterocycles. The van der Waals surface area contributed by atoms with Crippen LogP contribution < -0.4 is 10.2 Å². The normalized spacial score (nSPS) is 14.0. The van der Waals surface area contributed by atoms with Gasteiger partial charge >= 0.3 is 0 Å². The zero-order valence-electron chi connectivity index (χ0n) is 48.6. The quantitative estimate of drug-likeness (QED) is 0.0272. The summed E-state index contributed by atoms with van der Waals surface area (Å²) in [4.78, 5) is 25.6. The topological polar surface area (TPSA) is 108 Å². The maximum atomic E-state index is 13.0. The number of likely N-dealkylation sites (N-methyl/N-ethyl adjacent to an activating group) is 1. The third kappa shape index (κ3) is 56.4. The monoisotopic (exact) mass is 1030 g/mol. The SMILES string of the molecule is CCCCC/C=C\C/C=C\C/C=C\CCCCCCCCC(=O)NC(COP(=O)([O-])OCC[N+](C)(C)C)C(O)CCCCCCCCCCCCCCCCCCCCCCCCCCCCCCCCC. The fraction of sp³-hybridized carbons (Fsp3) is 0.889. The van der Waals surface area contributed by atoms with E-state index >= 15 is 0 Å². The van der Waals surface area contributed by atoms with Crippen LogP contribution in [0.25, 0.3) is 0 Å². The van der Waals surface area contributed by atoms with Gasteiger partial charge < -0.3 is 28.8 Å². The lowest BCUT2D eigenvalue weighted by atomic mass is 10.0. The molecule has 3 unspecified atom stereocenters. The summed E-state index contributed by atoms with van der Waals surface area (Å²) >= 11 is 0. The first-order chi connectivity index (χ1) is 35.0. The molecule has 8 nitrogen and oxygen atoms in total. The lowest BCUT2D eigenvalue weighted by Crippen LogP contribution is -2.46. The summed E-state index contributed by atoms with van der Waals surface area (Å²) in [6.45, 7) is 4.72. The zero-order valence-corrected chi connectivity index (χ0v) is 49.5. The van der Waals surface area contributed by atoms with Gasteiger partial charge in [0, 0.05) is 6.42 Å². The largest absolute Gasteiger partial charge is 0.756 e. The summed E-state index contributed by atoms with van der Waals surface area (Å²) < 4.78 is 23.5. The number of carbonyl (C=O) groups is 1. The Morgan fingerprint density at radius 3 is 1.19 bits per heavy atom. The van der Waals surface area contributed by atoms with Crippen LogP contribution in [0.4, 0.5) is 0 Å². The van der Waals surface area contributed by atoms with Crippen molar-refractivity contribution in [2.24, 2.45) is 0 Å². The Bertz CT molecular complexity index is 1270. The van der Waals surface area contributed by atoms with Gasteiger partial charge in [-0.25, -0.2) is 0 Å². The Kier molecular flexibility index (Phi) is 53.5. The predicted molar refractivity (Wildman–Crippen MR) is 311 cm³/mol. The van der Waals surface area contributed by atoms with Gasteiger partial charge in [0.2, 0.25) is 5.91 Å². The number of nitrogens with one attached hydrogen (secondary N) is 1. The Balaban J connectivity index is 4.06. The molecule has 426 valence electrons. The van der Waals surface area contributed by atoms with Crippen molar-refractivity contribution in [2.45, 2.75) is 321 Å². The summed E-state index contributed by atoms with van der Waals surface area (Å²) in [5, 5.41) is 14.0. The number of aliphatic hydroxyl groups is 1. The minimum atomic E-state index is -4.58. The van der Waals surface area contributed by atoms with Crippen molar-refractivity contribution in [1.29, 1.82) is 0 Å². The molecule has 0 aliphatic rings. The fourth-order valence-electron chi connectivity index (χ4n) is 9.46. The number of rotatable bonds is 58. The molecule has 0 heterocycles. The molecule has 0 spiro atoms. The molecule has 0 aromatic rings. The molecule has 0 saturated heterocycles. The van der Waals surface area contributed by atoms with Crippen molar-refractivity contribution in [3.05, 3.63) is 36.5 Å². The van der Waals surface area contributed by atoms with Crippen molar-refractivity contribution in [1.82, 2.24) is 5.32 Å². The van der Waals surface area contributed by atoms with Gasteiger partial charge in [0.25, 0.3) is 7.82 Å². The Morgan fingerprint density at radius 1 is 0.486 bits per heavy atom. The first-order valence-electron chi connectivity index (χ1n) is 31.3. The highest BCUT2D eigenvalue weighted by atomic mass is 31.2. The van der Waals surface area contributed by atoms with Gasteiger partial charge in [0.05, 0.1) is 39.9 Å². The molecular formula is C63H123N2O6P. The molecule has 0 saturated carbocycles. The number of carbonyl (C=O) groups excluding carboxylic acids is 1. The average Bonchev–Trinajstić information content (AvgIpc) is 3.34. The average molecular weight is 1040 g/mol. The van der Waals surface area contributed by atoms with E-state index in [1.165, 1.54) is 218 Å². The predicted octanol–water partition coefficient (Wildman–Crippen LogP) is 18.7. The van der Waals surface area contributed by atoms with Crippen molar-refractivity contribution in [2.75, 3.05) is 40.9 Å². The minimum absolute atomic E-state index is 0.00934. The smallest absolute Gasteiger partial charge is 0.268 e.